The number of aromatic amines is 1. The van der Waals surface area contributed by atoms with Gasteiger partial charge in [0.05, 0.1) is 24.0 Å². The Bertz CT molecular complexity index is 1430. The van der Waals surface area contributed by atoms with E-state index in [1.165, 1.54) is 12.0 Å². The van der Waals surface area contributed by atoms with Gasteiger partial charge >= 0.3 is 0 Å². The highest BCUT2D eigenvalue weighted by Crippen LogP contribution is 2.34. The summed E-state index contributed by atoms with van der Waals surface area (Å²) in [6.07, 6.45) is 6.31. The molecule has 0 radical (unpaired) electrons. The second-order valence-electron chi connectivity index (χ2n) is 10.1. The van der Waals surface area contributed by atoms with Crippen LogP contribution in [0.3, 0.4) is 0 Å². The maximum Gasteiger partial charge on any atom is 0.242 e. The Hall–Kier alpha value is -2.16. The van der Waals surface area contributed by atoms with Crippen LogP contribution in [0, 0.1) is 0 Å². The van der Waals surface area contributed by atoms with Crippen LogP contribution in [0.4, 0.5) is 5.69 Å². The van der Waals surface area contributed by atoms with Crippen molar-refractivity contribution in [1.29, 1.82) is 0 Å². The molecule has 0 bridgehead atoms. The molecule has 194 valence electrons. The van der Waals surface area contributed by atoms with E-state index in [1.807, 2.05) is 18.3 Å². The number of imidazole rings is 1. The lowest BCUT2D eigenvalue weighted by Crippen LogP contribution is -2.33. The summed E-state index contributed by atoms with van der Waals surface area (Å²) >= 11 is 4.66. The van der Waals surface area contributed by atoms with Crippen molar-refractivity contribution in [3.8, 4) is 33.8 Å². The number of carbonyl (C=O) groups excluding carboxylic acids is 1. The number of hydrogen-bond acceptors (Lipinski definition) is 4. The zero-order valence-corrected chi connectivity index (χ0v) is 25.5. The zero-order valence-electron chi connectivity index (χ0n) is 21.2. The minimum Gasteiger partial charge on any atom is -0.393 e. The lowest BCUT2D eigenvalue weighted by molar-refractivity contribution is -0.118. The van der Waals surface area contributed by atoms with Gasteiger partial charge in [0.15, 0.2) is 0 Å². The number of carbonyl (C=O) groups is 1. The lowest BCUT2D eigenvalue weighted by atomic mass is 10.1. The minimum absolute atomic E-state index is 0.0407. The third-order valence-electron chi connectivity index (χ3n) is 7.65. The van der Waals surface area contributed by atoms with Gasteiger partial charge in [0.25, 0.3) is 0 Å². The summed E-state index contributed by atoms with van der Waals surface area (Å²) in [7, 11) is 2.10. The molecule has 2 atom stereocenters. The molecule has 6 rings (SSSR count). The van der Waals surface area contributed by atoms with Crippen molar-refractivity contribution in [3.05, 3.63) is 72.7 Å². The monoisotopic (exact) mass is 730 g/mol. The summed E-state index contributed by atoms with van der Waals surface area (Å²) in [5, 5.41) is 3.07. The Kier molecular flexibility index (Phi) is 7.65. The molecule has 7 nitrogen and oxygen atoms in total. The van der Waals surface area contributed by atoms with Gasteiger partial charge in [-0.2, -0.15) is 0 Å². The Balaban J connectivity index is 1.15. The van der Waals surface area contributed by atoms with E-state index in [0.29, 0.717) is 6.04 Å². The van der Waals surface area contributed by atoms with E-state index < -0.39 is 0 Å². The highest BCUT2D eigenvalue weighted by molar-refractivity contribution is 14.1. The molecule has 2 aromatic carbocycles. The van der Waals surface area contributed by atoms with Crippen LogP contribution in [0.1, 0.15) is 37.5 Å². The number of benzene rings is 2. The number of amides is 1. The van der Waals surface area contributed by atoms with E-state index in [9.17, 15) is 4.79 Å². The summed E-state index contributed by atoms with van der Waals surface area (Å²) in [4.78, 5) is 20.8. The molecule has 2 fully saturated rings. The van der Waals surface area contributed by atoms with Gasteiger partial charge in [0, 0.05) is 75.9 Å². The van der Waals surface area contributed by atoms with Crippen molar-refractivity contribution >= 4 is 65.3 Å². The quantitative estimate of drug-likeness (QED) is 0.149. The van der Waals surface area contributed by atoms with Gasteiger partial charge in [-0.05, 0) is 66.6 Å². The second-order valence-corrected chi connectivity index (χ2v) is 12.5. The molecule has 4 heterocycles. The maximum absolute atomic E-state index is 12.6. The van der Waals surface area contributed by atoms with E-state index in [4.69, 9.17) is 0 Å². The van der Waals surface area contributed by atoms with Crippen LogP contribution in [-0.4, -0.2) is 53.7 Å². The first kappa shape index (κ1) is 26.1. The van der Waals surface area contributed by atoms with Gasteiger partial charge in [-0.15, -0.1) is 0 Å². The summed E-state index contributed by atoms with van der Waals surface area (Å²) in [6.45, 7) is 2.09. The van der Waals surface area contributed by atoms with Crippen LogP contribution in [0.2, 0.25) is 0 Å². The summed E-state index contributed by atoms with van der Waals surface area (Å²) in [6, 6.07) is 21.5. The molecule has 38 heavy (non-hydrogen) atoms. The molecule has 2 N–H and O–H groups in total. The average molecular weight is 730 g/mol. The molecule has 0 spiro atoms. The van der Waals surface area contributed by atoms with Gasteiger partial charge < -0.3 is 14.8 Å². The largest absolute Gasteiger partial charge is 0.393 e. The molecule has 0 saturated carbocycles. The predicted molar refractivity (Wildman–Crippen MR) is 172 cm³/mol. The van der Waals surface area contributed by atoms with Crippen molar-refractivity contribution < 1.29 is 4.79 Å². The number of nitrogens with one attached hydrogen (secondary N) is 2. The minimum atomic E-state index is -0.0407. The van der Waals surface area contributed by atoms with Crippen molar-refractivity contribution in [2.45, 2.75) is 37.8 Å². The fraction of sp³-hybridized carbons (Fsp3) is 0.286. The third kappa shape index (κ3) is 5.19. The van der Waals surface area contributed by atoms with Crippen LogP contribution in [0.25, 0.3) is 33.8 Å². The topological polar surface area (TPSA) is 69.2 Å². The van der Waals surface area contributed by atoms with Crippen LogP contribution >= 0.6 is 45.7 Å². The molecule has 2 aliphatic rings. The summed E-state index contributed by atoms with van der Waals surface area (Å²) in [5.74, 6) is 1.13. The Labute approximate surface area is 251 Å². The number of rotatable bonds is 6. The normalized spacial score (nSPS) is 20.3. The molecule has 0 aliphatic carbocycles. The second kappa shape index (κ2) is 11.1. The van der Waals surface area contributed by atoms with Crippen molar-refractivity contribution in [1.82, 2.24) is 20.7 Å². The number of anilines is 1. The predicted octanol–water partition coefficient (Wildman–Crippen LogP) is 5.85. The van der Waals surface area contributed by atoms with Gasteiger partial charge in [-0.25, -0.2) is 11.2 Å². The number of aromatic nitrogens is 3. The van der Waals surface area contributed by atoms with Crippen molar-refractivity contribution in [2.24, 2.45) is 0 Å². The van der Waals surface area contributed by atoms with Crippen LogP contribution in [-0.2, 0) is 4.79 Å². The van der Waals surface area contributed by atoms with E-state index in [2.05, 4.69) is 128 Å². The smallest absolute Gasteiger partial charge is 0.242 e. The van der Waals surface area contributed by atoms with Crippen LogP contribution in [0.5, 0.6) is 0 Å². The van der Waals surface area contributed by atoms with Crippen LogP contribution in [0.15, 0.2) is 66.9 Å². The Morgan fingerprint density at radius 1 is 0.868 bits per heavy atom. The summed E-state index contributed by atoms with van der Waals surface area (Å²) in [5.41, 5.74) is 7.61. The number of hydrogen-bond donors (Lipinski definition) is 2. The van der Waals surface area contributed by atoms with Crippen molar-refractivity contribution in [2.75, 3.05) is 18.4 Å². The molecule has 0 unspecified atom stereocenters. The first-order chi connectivity index (χ1) is 18.5. The lowest BCUT2D eigenvalue weighted by Gasteiger charge is -2.17. The highest BCUT2D eigenvalue weighted by atomic mass is 127. The van der Waals surface area contributed by atoms with Gasteiger partial charge in [-0.1, -0.05) is 36.4 Å². The Morgan fingerprint density at radius 3 is 2.08 bits per heavy atom. The standard InChI is InChI=1S/C28H29BI2N6O/c29-37-23(19-7-5-18(6-8-19)22-17-32-27(34-22)25-3-1-15-35(25)30)13-14-24(37)20-9-11-21(12-10-20)33-28(38)26-4-2-16-36(26)31/h5-14,17,25-26H,1-4,15-16,29H2,(H,32,34)(H,33,38)/t25-,26-/m0/s1. The fourth-order valence-electron chi connectivity index (χ4n) is 5.51. The third-order valence-corrected chi connectivity index (χ3v) is 9.96. The first-order valence-electron chi connectivity index (χ1n) is 13.1. The molecule has 1 amide bonds. The average Bonchev–Trinajstić information content (AvgIpc) is 3.72. The molecule has 2 aromatic heterocycles. The highest BCUT2D eigenvalue weighted by Gasteiger charge is 2.29. The van der Waals surface area contributed by atoms with Gasteiger partial charge in [0.1, 0.15) is 5.82 Å². The van der Waals surface area contributed by atoms with E-state index in [0.717, 1.165) is 72.1 Å². The molecular formula is C28H29BI2N6O. The number of nitrogens with zero attached hydrogens (tertiary/aromatic N) is 4. The SMILES string of the molecule is Bn1c(-c2ccc(NC(=O)[C@@H]3CCCN3I)cc2)ccc1-c1ccc(-c2cnc([C@@H]3CCCN3I)[nH]2)cc1. The maximum atomic E-state index is 12.6. The van der Waals surface area contributed by atoms with Crippen LogP contribution < -0.4 is 5.32 Å². The first-order valence-corrected chi connectivity index (χ1v) is 15.0. The molecule has 10 heteroatoms. The Morgan fingerprint density at radius 2 is 1.47 bits per heavy atom. The van der Waals surface area contributed by atoms with E-state index >= 15 is 0 Å². The number of halogens is 2. The molecule has 2 saturated heterocycles. The van der Waals surface area contributed by atoms with E-state index in [1.54, 1.807) is 0 Å². The number of H-pyrrole nitrogens is 1. The van der Waals surface area contributed by atoms with Crippen molar-refractivity contribution in [3.63, 3.8) is 0 Å². The van der Waals surface area contributed by atoms with Gasteiger partial charge in [-0.3, -0.25) is 4.79 Å². The molecule has 4 aromatic rings. The zero-order chi connectivity index (χ0) is 26.2. The summed E-state index contributed by atoms with van der Waals surface area (Å²) < 4.78 is 6.66. The molecule has 2 aliphatic heterocycles. The fourth-order valence-corrected chi connectivity index (χ4v) is 7.26. The molecular weight excluding hydrogens is 701 g/mol. The van der Waals surface area contributed by atoms with E-state index in [-0.39, 0.29) is 11.9 Å². The van der Waals surface area contributed by atoms with Gasteiger partial charge in [0.2, 0.25) is 13.9 Å².